The summed E-state index contributed by atoms with van der Waals surface area (Å²) in [6.07, 6.45) is 2.10. The molecule has 8 heteroatoms. The first kappa shape index (κ1) is 20.8. The van der Waals surface area contributed by atoms with E-state index in [0.717, 1.165) is 12.0 Å². The molecule has 0 aliphatic rings. The molecule has 0 atom stereocenters. The summed E-state index contributed by atoms with van der Waals surface area (Å²) in [5, 5.41) is 6.40. The number of hydrogen-bond donors (Lipinski definition) is 2. The largest absolute Gasteiger partial charge is 0.493 e. The van der Waals surface area contributed by atoms with Gasteiger partial charge in [-0.3, -0.25) is 9.59 Å². The van der Waals surface area contributed by atoms with E-state index in [2.05, 4.69) is 15.8 Å². The van der Waals surface area contributed by atoms with Crippen LogP contribution < -0.4 is 25.0 Å². The Kier molecular flexibility index (Phi) is 7.38. The average molecular weight is 385 g/mol. The Morgan fingerprint density at radius 3 is 2.21 bits per heavy atom. The highest BCUT2D eigenvalue weighted by Crippen LogP contribution is 2.37. The van der Waals surface area contributed by atoms with E-state index in [-0.39, 0.29) is 0 Å². The number of carbonyl (C=O) groups excluding carboxylic acids is 2. The lowest BCUT2D eigenvalue weighted by atomic mass is 10.1. The Hall–Kier alpha value is -3.55. The van der Waals surface area contributed by atoms with E-state index in [1.165, 1.54) is 27.5 Å². The third kappa shape index (κ3) is 5.00. The summed E-state index contributed by atoms with van der Waals surface area (Å²) in [4.78, 5) is 24.0. The lowest BCUT2D eigenvalue weighted by molar-refractivity contribution is -0.136. The summed E-state index contributed by atoms with van der Waals surface area (Å²) in [6, 6.07) is 10.6. The van der Waals surface area contributed by atoms with E-state index < -0.39 is 11.8 Å². The maximum Gasteiger partial charge on any atom is 0.329 e. The number of hydrazone groups is 1. The minimum atomic E-state index is -0.880. The van der Waals surface area contributed by atoms with Crippen molar-refractivity contribution in [2.45, 2.75) is 13.3 Å². The first-order chi connectivity index (χ1) is 13.5. The lowest BCUT2D eigenvalue weighted by Crippen LogP contribution is -2.32. The Morgan fingerprint density at radius 2 is 1.64 bits per heavy atom. The number of carbonyl (C=O) groups is 2. The second kappa shape index (κ2) is 9.96. The molecule has 2 aromatic rings. The number of aryl methyl sites for hydroxylation is 1. The second-order valence-corrected chi connectivity index (χ2v) is 5.62. The third-order valence-corrected chi connectivity index (χ3v) is 3.92. The fraction of sp³-hybridized carbons (Fsp3) is 0.250. The molecule has 0 unspecified atom stereocenters. The Bertz CT molecular complexity index is 855. The Balaban J connectivity index is 2.05. The normalized spacial score (nSPS) is 10.4. The highest BCUT2D eigenvalue weighted by atomic mass is 16.5. The van der Waals surface area contributed by atoms with E-state index in [9.17, 15) is 9.59 Å². The summed E-state index contributed by atoms with van der Waals surface area (Å²) in [5.41, 5.74) is 4.32. The van der Waals surface area contributed by atoms with Crippen LogP contribution in [0.2, 0.25) is 0 Å². The van der Waals surface area contributed by atoms with Crippen molar-refractivity contribution in [3.63, 3.8) is 0 Å². The number of hydrogen-bond acceptors (Lipinski definition) is 6. The molecule has 0 saturated carbocycles. The Labute approximate surface area is 163 Å². The van der Waals surface area contributed by atoms with E-state index in [1.807, 2.05) is 19.1 Å². The number of rotatable bonds is 7. The van der Waals surface area contributed by atoms with Gasteiger partial charge in [-0.1, -0.05) is 25.1 Å². The molecule has 0 aromatic heterocycles. The molecule has 0 heterocycles. The molecule has 2 rings (SSSR count). The zero-order chi connectivity index (χ0) is 20.5. The first-order valence-corrected chi connectivity index (χ1v) is 8.56. The van der Waals surface area contributed by atoms with Gasteiger partial charge in [-0.05, 0) is 30.2 Å². The van der Waals surface area contributed by atoms with E-state index in [4.69, 9.17) is 14.2 Å². The molecule has 28 heavy (non-hydrogen) atoms. The van der Waals surface area contributed by atoms with Crippen molar-refractivity contribution in [2.24, 2.45) is 5.10 Å². The summed E-state index contributed by atoms with van der Waals surface area (Å²) >= 11 is 0. The molecule has 0 aliphatic heterocycles. The molecular formula is C20H23N3O5. The first-order valence-electron chi connectivity index (χ1n) is 8.56. The molecule has 0 spiro atoms. The maximum atomic E-state index is 12.1. The van der Waals surface area contributed by atoms with Crippen molar-refractivity contribution in [3.8, 4) is 17.2 Å². The van der Waals surface area contributed by atoms with Crippen LogP contribution in [0.3, 0.4) is 0 Å². The Morgan fingerprint density at radius 1 is 1.00 bits per heavy atom. The quantitative estimate of drug-likeness (QED) is 0.433. The van der Waals surface area contributed by atoms with Gasteiger partial charge in [0, 0.05) is 11.3 Å². The van der Waals surface area contributed by atoms with Gasteiger partial charge in [-0.25, -0.2) is 5.43 Å². The monoisotopic (exact) mass is 385 g/mol. The van der Waals surface area contributed by atoms with Gasteiger partial charge >= 0.3 is 11.8 Å². The molecule has 2 N–H and O–H groups in total. The molecule has 0 aliphatic carbocycles. The molecule has 0 bridgehead atoms. The molecule has 2 amide bonds. The van der Waals surface area contributed by atoms with Crippen LogP contribution in [0.15, 0.2) is 41.5 Å². The van der Waals surface area contributed by atoms with Gasteiger partial charge in [0.25, 0.3) is 0 Å². The van der Waals surface area contributed by atoms with Gasteiger partial charge in [0.2, 0.25) is 5.75 Å². The second-order valence-electron chi connectivity index (χ2n) is 5.62. The van der Waals surface area contributed by atoms with E-state index in [1.54, 1.807) is 24.3 Å². The van der Waals surface area contributed by atoms with Gasteiger partial charge < -0.3 is 19.5 Å². The zero-order valence-corrected chi connectivity index (χ0v) is 16.2. The van der Waals surface area contributed by atoms with E-state index >= 15 is 0 Å². The summed E-state index contributed by atoms with van der Waals surface area (Å²) < 4.78 is 15.8. The van der Waals surface area contributed by atoms with Crippen molar-refractivity contribution < 1.29 is 23.8 Å². The zero-order valence-electron chi connectivity index (χ0n) is 16.2. The summed E-state index contributed by atoms with van der Waals surface area (Å²) in [5.74, 6) is -0.343. The molecule has 8 nitrogen and oxygen atoms in total. The van der Waals surface area contributed by atoms with Crippen LogP contribution in [0.1, 0.15) is 18.1 Å². The van der Waals surface area contributed by atoms with Crippen LogP contribution in [0.5, 0.6) is 17.2 Å². The van der Waals surface area contributed by atoms with Crippen LogP contribution >= 0.6 is 0 Å². The summed E-state index contributed by atoms with van der Waals surface area (Å²) in [7, 11) is 4.50. The van der Waals surface area contributed by atoms with Gasteiger partial charge in [-0.15, -0.1) is 0 Å². The van der Waals surface area contributed by atoms with Crippen molar-refractivity contribution >= 4 is 23.7 Å². The fourth-order valence-electron chi connectivity index (χ4n) is 2.52. The number of para-hydroxylation sites is 1. The van der Waals surface area contributed by atoms with Crippen molar-refractivity contribution in [1.82, 2.24) is 5.43 Å². The van der Waals surface area contributed by atoms with Crippen LogP contribution in [-0.4, -0.2) is 39.4 Å². The smallest absolute Gasteiger partial charge is 0.329 e. The standard InChI is InChI=1S/C20H23N3O5/c1-5-14-8-6-7-9-15(14)22-19(24)20(25)23-21-12-13-10-16(26-2)18(28-4)17(11-13)27-3/h6-12H,5H2,1-4H3,(H,22,24)(H,23,25)/b21-12-. The number of benzene rings is 2. The van der Waals surface area contributed by atoms with Crippen LogP contribution in [-0.2, 0) is 16.0 Å². The predicted molar refractivity (Wildman–Crippen MR) is 106 cm³/mol. The highest BCUT2D eigenvalue weighted by molar-refractivity contribution is 6.39. The number of nitrogens with zero attached hydrogens (tertiary/aromatic N) is 1. The predicted octanol–water partition coefficient (Wildman–Crippen LogP) is 2.36. The minimum absolute atomic E-state index is 0.445. The summed E-state index contributed by atoms with van der Waals surface area (Å²) in [6.45, 7) is 1.97. The number of ether oxygens (including phenoxy) is 3. The maximum absolute atomic E-state index is 12.1. The molecular weight excluding hydrogens is 362 g/mol. The average Bonchev–Trinajstić information content (AvgIpc) is 2.73. The number of amides is 2. The van der Waals surface area contributed by atoms with Gasteiger partial charge in [0.05, 0.1) is 27.5 Å². The van der Waals surface area contributed by atoms with Gasteiger partial charge in [-0.2, -0.15) is 5.10 Å². The van der Waals surface area contributed by atoms with E-state index in [0.29, 0.717) is 28.5 Å². The molecule has 0 saturated heterocycles. The van der Waals surface area contributed by atoms with Crippen LogP contribution in [0.25, 0.3) is 0 Å². The number of methoxy groups -OCH3 is 3. The number of anilines is 1. The minimum Gasteiger partial charge on any atom is -0.493 e. The fourth-order valence-corrected chi connectivity index (χ4v) is 2.52. The van der Waals surface area contributed by atoms with Crippen LogP contribution in [0.4, 0.5) is 5.69 Å². The third-order valence-electron chi connectivity index (χ3n) is 3.92. The lowest BCUT2D eigenvalue weighted by Gasteiger charge is -2.12. The highest BCUT2D eigenvalue weighted by Gasteiger charge is 2.15. The van der Waals surface area contributed by atoms with Crippen molar-refractivity contribution in [2.75, 3.05) is 26.6 Å². The van der Waals surface area contributed by atoms with Crippen LogP contribution in [0, 0.1) is 0 Å². The SMILES string of the molecule is CCc1ccccc1NC(=O)C(=O)N/N=C\c1cc(OC)c(OC)c(OC)c1. The molecule has 2 aromatic carbocycles. The van der Waals surface area contributed by atoms with Gasteiger partial charge in [0.15, 0.2) is 11.5 Å². The van der Waals surface area contributed by atoms with Crippen molar-refractivity contribution in [1.29, 1.82) is 0 Å². The molecule has 0 fully saturated rings. The molecule has 0 radical (unpaired) electrons. The topological polar surface area (TPSA) is 98.3 Å². The van der Waals surface area contributed by atoms with Gasteiger partial charge in [0.1, 0.15) is 0 Å². The molecule has 148 valence electrons. The van der Waals surface area contributed by atoms with Crippen molar-refractivity contribution in [3.05, 3.63) is 47.5 Å². The number of nitrogens with one attached hydrogen (secondary N) is 2.